The second kappa shape index (κ2) is 6.58. The second-order valence-corrected chi connectivity index (χ2v) is 8.28. The molecule has 0 amide bonds. The summed E-state index contributed by atoms with van der Waals surface area (Å²) in [5, 5.41) is 0. The predicted octanol–water partition coefficient (Wildman–Crippen LogP) is 4.40. The Morgan fingerprint density at radius 3 is 1.45 bits per heavy atom. The Morgan fingerprint density at radius 2 is 1.18 bits per heavy atom. The Balaban J connectivity index is 1.72. The fraction of sp³-hybridized carbons (Fsp3) is 0.286. The molecule has 0 aliphatic heterocycles. The molecule has 1 aliphatic rings. The summed E-state index contributed by atoms with van der Waals surface area (Å²) in [7, 11) is 0. The van der Waals surface area contributed by atoms with Gasteiger partial charge in [-0.2, -0.15) is 0 Å². The maximum atomic E-state index is 11.6. The topological polar surface area (TPSA) is 44.0 Å². The number of nitrogens with zero attached hydrogens (tertiary/aromatic N) is 2. The van der Waals surface area contributed by atoms with Crippen molar-refractivity contribution in [3.8, 4) is 0 Å². The van der Waals surface area contributed by atoms with Crippen molar-refractivity contribution in [3.05, 3.63) is 52.7 Å². The highest BCUT2D eigenvalue weighted by atomic mass is 35.5. The first-order valence-electron chi connectivity index (χ1n) is 6.67. The average Bonchev–Trinajstić information content (AvgIpc) is 2.94. The number of aromatic nitrogens is 2. The van der Waals surface area contributed by atoms with E-state index in [0.29, 0.717) is 8.67 Å². The first kappa shape index (κ1) is 15.8. The van der Waals surface area contributed by atoms with Gasteiger partial charge >= 0.3 is 0 Å². The Bertz CT molecular complexity index is 786. The van der Waals surface area contributed by atoms with Crippen molar-refractivity contribution < 1.29 is 0 Å². The van der Waals surface area contributed by atoms with Gasteiger partial charge in [0.05, 0.1) is 0 Å². The van der Waals surface area contributed by atoms with Crippen LogP contribution in [0.1, 0.15) is 25.7 Å². The van der Waals surface area contributed by atoms with E-state index < -0.39 is 0 Å². The van der Waals surface area contributed by atoms with Crippen LogP contribution in [0, 0.1) is 0 Å². The summed E-state index contributed by atoms with van der Waals surface area (Å²) in [5.41, 5.74) is 2.25. The van der Waals surface area contributed by atoms with Gasteiger partial charge in [0.2, 0.25) is 0 Å². The summed E-state index contributed by atoms with van der Waals surface area (Å²) < 4.78 is 4.12. The molecule has 3 rings (SSSR count). The lowest BCUT2D eigenvalue weighted by Crippen LogP contribution is -2.09. The maximum Gasteiger partial charge on any atom is 0.266 e. The molecule has 1 saturated carbocycles. The van der Waals surface area contributed by atoms with Crippen LogP contribution in [0.2, 0.25) is 8.67 Å². The average molecular weight is 375 g/mol. The molecule has 0 aromatic carbocycles. The summed E-state index contributed by atoms with van der Waals surface area (Å²) in [4.78, 5) is 23.3. The van der Waals surface area contributed by atoms with Crippen LogP contribution in [-0.4, -0.2) is 7.91 Å². The zero-order valence-electron chi connectivity index (χ0n) is 11.4. The molecule has 0 atom stereocenters. The van der Waals surface area contributed by atoms with E-state index in [4.69, 9.17) is 23.2 Å². The molecular formula is C14H12Cl2N2O2S2. The van der Waals surface area contributed by atoms with Gasteiger partial charge < -0.3 is 0 Å². The van der Waals surface area contributed by atoms with Gasteiger partial charge in [0, 0.05) is 24.5 Å². The number of halogens is 2. The summed E-state index contributed by atoms with van der Waals surface area (Å²) in [6.07, 6.45) is 7.26. The quantitative estimate of drug-likeness (QED) is 0.781. The van der Waals surface area contributed by atoms with E-state index >= 15 is 0 Å². The fourth-order valence-corrected chi connectivity index (χ4v) is 4.32. The highest BCUT2D eigenvalue weighted by molar-refractivity contribution is 7.11. The third-order valence-corrected chi connectivity index (χ3v) is 5.59. The van der Waals surface area contributed by atoms with Crippen LogP contribution < -0.4 is 11.1 Å². The van der Waals surface area contributed by atoms with Crippen LogP contribution in [0.4, 0.5) is 0 Å². The lowest BCUT2D eigenvalue weighted by molar-refractivity contribution is 0.732. The molecule has 0 bridgehead atoms. The Hall–Kier alpha value is -1.08. The highest BCUT2D eigenvalue weighted by Gasteiger charge is 2.12. The van der Waals surface area contributed by atoms with Gasteiger partial charge in [-0.05, 0) is 48.7 Å². The highest BCUT2D eigenvalue weighted by Crippen LogP contribution is 2.29. The van der Waals surface area contributed by atoms with Gasteiger partial charge in [-0.15, -0.1) is 0 Å². The summed E-state index contributed by atoms with van der Waals surface area (Å²) in [6.45, 7) is 0. The van der Waals surface area contributed by atoms with Crippen LogP contribution in [0.5, 0.6) is 0 Å². The number of allylic oxidation sites excluding steroid dienone is 2. The van der Waals surface area contributed by atoms with E-state index in [1.165, 1.54) is 46.3 Å². The van der Waals surface area contributed by atoms with Crippen LogP contribution in [-0.2, 0) is 0 Å². The largest absolute Gasteiger partial charge is 0.268 e. The lowest BCUT2D eigenvalue weighted by Gasteiger charge is -2.17. The minimum atomic E-state index is -0.0939. The first-order chi connectivity index (χ1) is 10.5. The Kier molecular flexibility index (Phi) is 4.73. The zero-order valence-corrected chi connectivity index (χ0v) is 14.6. The van der Waals surface area contributed by atoms with Crippen LogP contribution >= 0.6 is 46.3 Å². The molecule has 1 fully saturated rings. The van der Waals surface area contributed by atoms with E-state index in [-0.39, 0.29) is 11.1 Å². The van der Waals surface area contributed by atoms with Gasteiger partial charge in [-0.3, -0.25) is 9.59 Å². The van der Waals surface area contributed by atoms with Crippen LogP contribution in [0.3, 0.4) is 0 Å². The smallest absolute Gasteiger partial charge is 0.266 e. The molecule has 0 N–H and O–H groups in total. The molecule has 2 heterocycles. The van der Waals surface area contributed by atoms with E-state index in [0.717, 1.165) is 25.7 Å². The first-order valence-corrected chi connectivity index (χ1v) is 8.97. The third-order valence-electron chi connectivity index (χ3n) is 3.41. The Labute approximate surface area is 144 Å². The van der Waals surface area contributed by atoms with Crippen LogP contribution in [0.15, 0.2) is 32.9 Å². The second-order valence-electron chi connectivity index (χ2n) is 4.98. The van der Waals surface area contributed by atoms with E-state index in [1.54, 1.807) is 7.91 Å². The molecule has 2 aromatic rings. The molecule has 1 aliphatic carbocycles. The van der Waals surface area contributed by atoms with Crippen LogP contribution in [0.25, 0.3) is 12.4 Å². The summed E-state index contributed by atoms with van der Waals surface area (Å²) in [5.74, 6) is 0. The van der Waals surface area contributed by atoms with Gasteiger partial charge in [-0.1, -0.05) is 34.3 Å². The molecule has 0 saturated heterocycles. The van der Waals surface area contributed by atoms with Crippen molar-refractivity contribution in [2.24, 2.45) is 0 Å². The number of hydrogen-bond donors (Lipinski definition) is 0. The molecule has 22 heavy (non-hydrogen) atoms. The molecule has 0 unspecified atom stereocenters. The summed E-state index contributed by atoms with van der Waals surface area (Å²) >= 11 is 14.1. The monoisotopic (exact) mass is 374 g/mol. The third kappa shape index (κ3) is 3.63. The standard InChI is InChI=1S/C14H12Cl2N2O2S2/c15-11-5-13(19)17(21-11)7-9-1-2-10(4-3-9)8-18-14(20)6-12(16)22-18/h5-8H,1-4H2. The molecule has 8 heteroatoms. The molecule has 0 radical (unpaired) electrons. The van der Waals surface area contributed by atoms with E-state index in [9.17, 15) is 9.59 Å². The molecule has 2 aromatic heterocycles. The van der Waals surface area contributed by atoms with Gasteiger partial charge in [0.25, 0.3) is 11.1 Å². The molecule has 0 spiro atoms. The van der Waals surface area contributed by atoms with Crippen molar-refractivity contribution >= 4 is 58.7 Å². The van der Waals surface area contributed by atoms with Crippen molar-refractivity contribution in [1.82, 2.24) is 7.91 Å². The minimum Gasteiger partial charge on any atom is -0.268 e. The molecule has 116 valence electrons. The number of rotatable bonds is 2. The lowest BCUT2D eigenvalue weighted by atomic mass is 9.92. The van der Waals surface area contributed by atoms with Gasteiger partial charge in [0.15, 0.2) is 0 Å². The Morgan fingerprint density at radius 1 is 0.818 bits per heavy atom. The fourth-order valence-electron chi connectivity index (χ4n) is 2.31. The minimum absolute atomic E-state index is 0.0939. The van der Waals surface area contributed by atoms with Crippen molar-refractivity contribution in [1.29, 1.82) is 0 Å². The zero-order chi connectivity index (χ0) is 15.7. The van der Waals surface area contributed by atoms with E-state index in [1.807, 2.05) is 12.4 Å². The predicted molar refractivity (Wildman–Crippen MR) is 94.2 cm³/mol. The van der Waals surface area contributed by atoms with Crippen molar-refractivity contribution in [3.63, 3.8) is 0 Å². The summed E-state index contributed by atoms with van der Waals surface area (Å²) in [6, 6.07) is 2.84. The van der Waals surface area contributed by atoms with Crippen molar-refractivity contribution in [2.75, 3.05) is 0 Å². The van der Waals surface area contributed by atoms with Gasteiger partial charge in [-0.25, -0.2) is 7.91 Å². The number of hydrogen-bond acceptors (Lipinski definition) is 4. The van der Waals surface area contributed by atoms with E-state index in [2.05, 4.69) is 0 Å². The normalized spacial score (nSPS) is 15.2. The van der Waals surface area contributed by atoms with Gasteiger partial charge in [0.1, 0.15) is 8.67 Å². The maximum absolute atomic E-state index is 11.6. The molecular weight excluding hydrogens is 363 g/mol. The SMILES string of the molecule is O=c1cc(Cl)sn1C=C1CCC(=Cn2sc(Cl)cc2=O)CC1. The van der Waals surface area contributed by atoms with Crippen molar-refractivity contribution in [2.45, 2.75) is 25.7 Å². The molecule has 4 nitrogen and oxygen atoms in total.